The Balaban J connectivity index is 2.41. The summed E-state index contributed by atoms with van der Waals surface area (Å²) in [6.07, 6.45) is 1.79. The van der Waals surface area contributed by atoms with Crippen molar-refractivity contribution >= 4 is 27.3 Å². The number of hydrogen-bond donors (Lipinski definition) is 1. The molecule has 0 aliphatic heterocycles. The third-order valence-electron chi connectivity index (χ3n) is 2.31. The molecule has 1 unspecified atom stereocenters. The van der Waals surface area contributed by atoms with Crippen LogP contribution in [-0.4, -0.2) is 4.98 Å². The smallest absolute Gasteiger partial charge is 0.0675 e. The van der Waals surface area contributed by atoms with E-state index in [0.29, 0.717) is 0 Å². The molecule has 2 nitrogen and oxygen atoms in total. The molecule has 0 spiro atoms. The van der Waals surface area contributed by atoms with Crippen LogP contribution < -0.4 is 5.73 Å². The Morgan fingerprint density at radius 2 is 2.27 bits per heavy atom. The maximum Gasteiger partial charge on any atom is 0.0675 e. The van der Waals surface area contributed by atoms with E-state index in [1.165, 1.54) is 0 Å². The van der Waals surface area contributed by atoms with Crippen LogP contribution >= 0.6 is 27.3 Å². The molecule has 0 aromatic carbocycles. The van der Waals surface area contributed by atoms with Gasteiger partial charge in [-0.2, -0.15) is 0 Å². The van der Waals surface area contributed by atoms with E-state index in [4.69, 9.17) is 5.73 Å². The van der Waals surface area contributed by atoms with E-state index in [1.807, 2.05) is 30.5 Å². The number of rotatable bonds is 2. The lowest BCUT2D eigenvalue weighted by Gasteiger charge is -2.12. The van der Waals surface area contributed by atoms with E-state index < -0.39 is 0 Å². The molecule has 2 aromatic rings. The summed E-state index contributed by atoms with van der Waals surface area (Å²) in [7, 11) is 0. The number of thiophene rings is 1. The highest BCUT2D eigenvalue weighted by Gasteiger charge is 2.15. The first-order valence-electron chi connectivity index (χ1n) is 4.60. The summed E-state index contributed by atoms with van der Waals surface area (Å²) >= 11 is 5.16. The first-order valence-corrected chi connectivity index (χ1v) is 6.27. The summed E-state index contributed by atoms with van der Waals surface area (Å²) in [6, 6.07) is 5.88. The largest absolute Gasteiger partial charge is 0.320 e. The van der Waals surface area contributed by atoms with Gasteiger partial charge in [0, 0.05) is 21.2 Å². The van der Waals surface area contributed by atoms with Crippen molar-refractivity contribution in [2.45, 2.75) is 13.0 Å². The lowest BCUT2D eigenvalue weighted by atomic mass is 10.1. The molecule has 0 saturated heterocycles. The van der Waals surface area contributed by atoms with Crippen molar-refractivity contribution in [3.63, 3.8) is 0 Å². The Bertz CT molecular complexity index is 467. The van der Waals surface area contributed by atoms with Crippen molar-refractivity contribution in [2.75, 3.05) is 0 Å². The minimum Gasteiger partial charge on any atom is -0.320 e. The second-order valence-electron chi connectivity index (χ2n) is 3.29. The fourth-order valence-electron chi connectivity index (χ4n) is 1.49. The second-order valence-corrected chi connectivity index (χ2v) is 5.09. The predicted octanol–water partition coefficient (Wildman–Crippen LogP) is 3.26. The fourth-order valence-corrected chi connectivity index (χ4v) is 3.13. The van der Waals surface area contributed by atoms with Crippen LogP contribution in [0.4, 0.5) is 0 Å². The topological polar surface area (TPSA) is 38.9 Å². The molecular formula is C11H11BrN2S. The lowest BCUT2D eigenvalue weighted by Crippen LogP contribution is -2.12. The summed E-state index contributed by atoms with van der Waals surface area (Å²) < 4.78 is 1.07. The molecule has 4 heteroatoms. The minimum atomic E-state index is -0.0897. The van der Waals surface area contributed by atoms with Crippen LogP contribution in [0.25, 0.3) is 0 Å². The molecule has 2 rings (SSSR count). The zero-order valence-electron chi connectivity index (χ0n) is 8.27. The van der Waals surface area contributed by atoms with Crippen molar-refractivity contribution in [1.29, 1.82) is 0 Å². The average Bonchev–Trinajstić information content (AvgIpc) is 2.64. The van der Waals surface area contributed by atoms with Gasteiger partial charge in [-0.1, -0.05) is 6.07 Å². The number of aryl methyl sites for hydroxylation is 1. The normalized spacial score (nSPS) is 12.7. The molecule has 1 atom stereocenters. The highest BCUT2D eigenvalue weighted by molar-refractivity contribution is 9.10. The molecular weight excluding hydrogens is 272 g/mol. The highest BCUT2D eigenvalue weighted by Crippen LogP contribution is 2.32. The van der Waals surface area contributed by atoms with E-state index in [0.717, 1.165) is 20.6 Å². The molecule has 2 aromatic heterocycles. The molecule has 2 N–H and O–H groups in total. The summed E-state index contributed by atoms with van der Waals surface area (Å²) in [5, 5.41) is 2.03. The van der Waals surface area contributed by atoms with Gasteiger partial charge in [-0.15, -0.1) is 11.3 Å². The molecule has 2 heterocycles. The van der Waals surface area contributed by atoms with Gasteiger partial charge in [-0.05, 0) is 45.9 Å². The van der Waals surface area contributed by atoms with Crippen molar-refractivity contribution in [3.05, 3.63) is 50.4 Å². The summed E-state index contributed by atoms with van der Waals surface area (Å²) in [6.45, 7) is 1.98. The number of nitrogens with two attached hydrogens (primary N) is 1. The Morgan fingerprint density at radius 3 is 2.87 bits per heavy atom. The highest BCUT2D eigenvalue weighted by atomic mass is 79.9. The van der Waals surface area contributed by atoms with E-state index in [1.54, 1.807) is 17.5 Å². The monoisotopic (exact) mass is 282 g/mol. The predicted molar refractivity (Wildman–Crippen MR) is 67.0 cm³/mol. The maximum atomic E-state index is 6.20. The maximum absolute atomic E-state index is 6.20. The van der Waals surface area contributed by atoms with Gasteiger partial charge in [0.1, 0.15) is 0 Å². The van der Waals surface area contributed by atoms with Gasteiger partial charge in [0.05, 0.1) is 6.04 Å². The fraction of sp³-hybridized carbons (Fsp3) is 0.182. The number of aromatic nitrogens is 1. The molecule has 0 aliphatic carbocycles. The van der Waals surface area contributed by atoms with Crippen molar-refractivity contribution in [2.24, 2.45) is 5.73 Å². The van der Waals surface area contributed by atoms with Crippen molar-refractivity contribution in [3.8, 4) is 0 Å². The molecule has 78 valence electrons. The minimum absolute atomic E-state index is 0.0897. The molecule has 0 bridgehead atoms. The van der Waals surface area contributed by atoms with Gasteiger partial charge in [-0.3, -0.25) is 4.98 Å². The lowest BCUT2D eigenvalue weighted by molar-refractivity contribution is 0.863. The SMILES string of the molecule is Cc1ncccc1C(N)c1sccc1Br. The van der Waals surface area contributed by atoms with Crippen LogP contribution in [0, 0.1) is 6.92 Å². The third-order valence-corrected chi connectivity index (χ3v) is 4.26. The first kappa shape index (κ1) is 10.8. The molecule has 0 fully saturated rings. The third kappa shape index (κ3) is 2.12. The van der Waals surface area contributed by atoms with Crippen LogP contribution in [0.3, 0.4) is 0 Å². The van der Waals surface area contributed by atoms with Gasteiger partial charge in [0.15, 0.2) is 0 Å². The number of pyridine rings is 1. The van der Waals surface area contributed by atoms with Crippen LogP contribution in [0.2, 0.25) is 0 Å². The Hall–Kier alpha value is -0.710. The van der Waals surface area contributed by atoms with Crippen LogP contribution in [0.1, 0.15) is 22.2 Å². The number of nitrogens with zero attached hydrogens (tertiary/aromatic N) is 1. The van der Waals surface area contributed by atoms with E-state index in [-0.39, 0.29) is 6.04 Å². The quantitative estimate of drug-likeness (QED) is 0.918. The van der Waals surface area contributed by atoms with Gasteiger partial charge >= 0.3 is 0 Å². The van der Waals surface area contributed by atoms with Crippen molar-refractivity contribution < 1.29 is 0 Å². The number of hydrogen-bond acceptors (Lipinski definition) is 3. The van der Waals surface area contributed by atoms with Crippen LogP contribution in [-0.2, 0) is 0 Å². The average molecular weight is 283 g/mol. The van der Waals surface area contributed by atoms with E-state index in [2.05, 4.69) is 20.9 Å². The van der Waals surface area contributed by atoms with Crippen LogP contribution in [0.15, 0.2) is 34.2 Å². The second kappa shape index (κ2) is 4.43. The first-order chi connectivity index (χ1) is 7.20. The zero-order valence-corrected chi connectivity index (χ0v) is 10.7. The molecule has 15 heavy (non-hydrogen) atoms. The molecule has 0 aliphatic rings. The van der Waals surface area contributed by atoms with Crippen molar-refractivity contribution in [1.82, 2.24) is 4.98 Å². The van der Waals surface area contributed by atoms with Crippen LogP contribution in [0.5, 0.6) is 0 Å². The van der Waals surface area contributed by atoms with Gasteiger partial charge in [0.25, 0.3) is 0 Å². The van der Waals surface area contributed by atoms with Gasteiger partial charge < -0.3 is 5.73 Å². The van der Waals surface area contributed by atoms with Gasteiger partial charge in [-0.25, -0.2) is 0 Å². The molecule has 0 amide bonds. The zero-order chi connectivity index (χ0) is 10.8. The molecule has 0 saturated carbocycles. The van der Waals surface area contributed by atoms with Gasteiger partial charge in [0.2, 0.25) is 0 Å². The Kier molecular flexibility index (Phi) is 3.19. The van der Waals surface area contributed by atoms with E-state index in [9.17, 15) is 0 Å². The standard InChI is InChI=1S/C11H11BrN2S/c1-7-8(3-2-5-14-7)10(13)11-9(12)4-6-15-11/h2-6,10H,13H2,1H3. The summed E-state index contributed by atoms with van der Waals surface area (Å²) in [4.78, 5) is 5.39. The Labute approximate surface area is 101 Å². The summed E-state index contributed by atoms with van der Waals surface area (Å²) in [5.41, 5.74) is 8.28. The van der Waals surface area contributed by atoms with E-state index >= 15 is 0 Å². The number of halogens is 1. The molecule has 0 radical (unpaired) electrons. The summed E-state index contributed by atoms with van der Waals surface area (Å²) in [5.74, 6) is 0. The Morgan fingerprint density at radius 1 is 1.47 bits per heavy atom.